The topological polar surface area (TPSA) is 86.5 Å². The average molecular weight is 287 g/mol. The molecule has 110 valence electrons. The number of carbonyl (C=O) groups is 1. The van der Waals surface area contributed by atoms with Crippen LogP contribution in [0, 0.1) is 0 Å². The second kappa shape index (κ2) is 7.14. The number of pyridine rings is 1. The van der Waals surface area contributed by atoms with Gasteiger partial charge in [-0.1, -0.05) is 12.1 Å². The maximum absolute atomic E-state index is 12.0. The zero-order chi connectivity index (χ0) is 15.1. The molecule has 0 saturated heterocycles. The number of amides is 1. The van der Waals surface area contributed by atoms with Crippen molar-refractivity contribution in [3.63, 3.8) is 0 Å². The Morgan fingerprint density at radius 1 is 1.29 bits per heavy atom. The lowest BCUT2D eigenvalue weighted by Crippen LogP contribution is -2.28. The summed E-state index contributed by atoms with van der Waals surface area (Å²) in [6.07, 6.45) is 1.57. The lowest BCUT2D eigenvalue weighted by Gasteiger charge is -2.10. The van der Waals surface area contributed by atoms with E-state index in [9.17, 15) is 4.79 Å². The molecule has 0 unspecified atom stereocenters. The highest BCUT2D eigenvalue weighted by molar-refractivity contribution is 5.96. The standard InChI is InChI=1S/C15H17N3O3/c1-20-15-11(5-4-8-18-15)14(19)17-9-10-21-13-7-3-2-6-12(13)16/h2-8H,9-10,16H2,1H3,(H,17,19). The predicted molar refractivity (Wildman–Crippen MR) is 79.5 cm³/mol. The SMILES string of the molecule is COc1ncccc1C(=O)NCCOc1ccccc1N. The van der Waals surface area contributed by atoms with E-state index in [2.05, 4.69) is 10.3 Å². The van der Waals surface area contributed by atoms with Crippen LogP contribution in [0.15, 0.2) is 42.6 Å². The Bertz CT molecular complexity index is 617. The Morgan fingerprint density at radius 3 is 2.86 bits per heavy atom. The average Bonchev–Trinajstić information content (AvgIpc) is 2.52. The first kappa shape index (κ1) is 14.6. The van der Waals surface area contributed by atoms with E-state index in [-0.39, 0.29) is 5.91 Å². The zero-order valence-electron chi connectivity index (χ0n) is 11.7. The molecular formula is C15H17N3O3. The summed E-state index contributed by atoms with van der Waals surface area (Å²) in [5.74, 6) is 0.638. The number of aromatic nitrogens is 1. The van der Waals surface area contributed by atoms with Gasteiger partial charge in [0.2, 0.25) is 5.88 Å². The number of ether oxygens (including phenoxy) is 2. The predicted octanol–water partition coefficient (Wildman–Crippen LogP) is 1.48. The molecule has 0 saturated carbocycles. The van der Waals surface area contributed by atoms with Gasteiger partial charge < -0.3 is 20.5 Å². The van der Waals surface area contributed by atoms with Crippen molar-refractivity contribution in [2.75, 3.05) is 26.0 Å². The summed E-state index contributed by atoms with van der Waals surface area (Å²) in [5, 5.41) is 2.74. The number of benzene rings is 1. The van der Waals surface area contributed by atoms with Gasteiger partial charge in [0.15, 0.2) is 0 Å². The van der Waals surface area contributed by atoms with Crippen LogP contribution in [0.3, 0.4) is 0 Å². The number of methoxy groups -OCH3 is 1. The van der Waals surface area contributed by atoms with E-state index in [1.54, 1.807) is 30.5 Å². The zero-order valence-corrected chi connectivity index (χ0v) is 11.7. The molecule has 2 aromatic rings. The molecule has 21 heavy (non-hydrogen) atoms. The number of rotatable bonds is 6. The number of hydrogen-bond acceptors (Lipinski definition) is 5. The molecule has 0 spiro atoms. The van der Waals surface area contributed by atoms with Gasteiger partial charge in [-0.05, 0) is 24.3 Å². The maximum atomic E-state index is 12.0. The molecule has 1 heterocycles. The minimum atomic E-state index is -0.260. The highest BCUT2D eigenvalue weighted by Gasteiger charge is 2.11. The number of carbonyl (C=O) groups excluding carboxylic acids is 1. The Hall–Kier alpha value is -2.76. The van der Waals surface area contributed by atoms with Gasteiger partial charge in [-0.15, -0.1) is 0 Å². The van der Waals surface area contributed by atoms with Crippen LogP contribution in [0.2, 0.25) is 0 Å². The Labute approximate surface area is 122 Å². The molecule has 0 radical (unpaired) electrons. The fourth-order valence-corrected chi connectivity index (χ4v) is 1.76. The van der Waals surface area contributed by atoms with Gasteiger partial charge in [-0.25, -0.2) is 4.98 Å². The molecule has 0 atom stereocenters. The fraction of sp³-hybridized carbons (Fsp3) is 0.200. The van der Waals surface area contributed by atoms with Crippen LogP contribution in [0.5, 0.6) is 11.6 Å². The lowest BCUT2D eigenvalue weighted by molar-refractivity contribution is 0.0943. The molecule has 6 nitrogen and oxygen atoms in total. The van der Waals surface area contributed by atoms with Crippen molar-refractivity contribution >= 4 is 11.6 Å². The van der Waals surface area contributed by atoms with Gasteiger partial charge in [0.25, 0.3) is 5.91 Å². The van der Waals surface area contributed by atoms with Gasteiger partial charge >= 0.3 is 0 Å². The van der Waals surface area contributed by atoms with E-state index < -0.39 is 0 Å². The summed E-state index contributed by atoms with van der Waals surface area (Å²) in [6.45, 7) is 0.674. The molecule has 0 aliphatic carbocycles. The van der Waals surface area contributed by atoms with Crippen LogP contribution >= 0.6 is 0 Å². The van der Waals surface area contributed by atoms with E-state index in [0.29, 0.717) is 36.0 Å². The van der Waals surface area contributed by atoms with Gasteiger partial charge in [-0.2, -0.15) is 0 Å². The van der Waals surface area contributed by atoms with Gasteiger partial charge in [0, 0.05) is 6.20 Å². The lowest BCUT2D eigenvalue weighted by atomic mass is 10.2. The third-order valence-electron chi connectivity index (χ3n) is 2.77. The first-order valence-corrected chi connectivity index (χ1v) is 6.47. The molecule has 1 aromatic carbocycles. The number of nitrogens with zero attached hydrogens (tertiary/aromatic N) is 1. The van der Waals surface area contributed by atoms with Crippen molar-refractivity contribution in [3.8, 4) is 11.6 Å². The van der Waals surface area contributed by atoms with Crippen molar-refractivity contribution in [1.29, 1.82) is 0 Å². The monoisotopic (exact) mass is 287 g/mol. The van der Waals surface area contributed by atoms with E-state index in [0.717, 1.165) is 0 Å². The molecule has 0 aliphatic heterocycles. The smallest absolute Gasteiger partial charge is 0.256 e. The Kier molecular flexibility index (Phi) is 4.98. The van der Waals surface area contributed by atoms with Crippen LogP contribution in [0.4, 0.5) is 5.69 Å². The molecular weight excluding hydrogens is 270 g/mol. The second-order valence-corrected chi connectivity index (χ2v) is 4.20. The van der Waals surface area contributed by atoms with Crippen molar-refractivity contribution in [2.24, 2.45) is 0 Å². The van der Waals surface area contributed by atoms with Crippen LogP contribution in [0.1, 0.15) is 10.4 Å². The first-order chi connectivity index (χ1) is 10.2. The number of nitrogens with two attached hydrogens (primary N) is 1. The van der Waals surface area contributed by atoms with Crippen molar-refractivity contribution < 1.29 is 14.3 Å². The molecule has 3 N–H and O–H groups in total. The summed E-state index contributed by atoms with van der Waals surface area (Å²) in [6, 6.07) is 10.5. The van der Waals surface area contributed by atoms with Crippen LogP contribution in [0.25, 0.3) is 0 Å². The van der Waals surface area contributed by atoms with Crippen LogP contribution < -0.4 is 20.5 Å². The minimum absolute atomic E-state index is 0.260. The summed E-state index contributed by atoms with van der Waals surface area (Å²) in [5.41, 5.74) is 6.71. The number of nitrogen functional groups attached to an aromatic ring is 1. The van der Waals surface area contributed by atoms with E-state index in [1.807, 2.05) is 12.1 Å². The summed E-state index contributed by atoms with van der Waals surface area (Å²) in [7, 11) is 1.47. The highest BCUT2D eigenvalue weighted by Crippen LogP contribution is 2.19. The molecule has 6 heteroatoms. The molecule has 0 bridgehead atoms. The van der Waals surface area contributed by atoms with Crippen LogP contribution in [-0.2, 0) is 0 Å². The van der Waals surface area contributed by atoms with Crippen molar-refractivity contribution in [1.82, 2.24) is 10.3 Å². The Morgan fingerprint density at radius 2 is 2.10 bits per heavy atom. The van der Waals surface area contributed by atoms with E-state index in [1.165, 1.54) is 7.11 Å². The van der Waals surface area contributed by atoms with E-state index in [4.69, 9.17) is 15.2 Å². The fourth-order valence-electron chi connectivity index (χ4n) is 1.76. The number of para-hydroxylation sites is 2. The maximum Gasteiger partial charge on any atom is 0.256 e. The molecule has 2 rings (SSSR count). The first-order valence-electron chi connectivity index (χ1n) is 6.47. The third kappa shape index (κ3) is 3.85. The molecule has 0 aliphatic rings. The van der Waals surface area contributed by atoms with Crippen LogP contribution in [-0.4, -0.2) is 31.2 Å². The molecule has 1 aromatic heterocycles. The number of nitrogens with one attached hydrogen (secondary N) is 1. The summed E-state index contributed by atoms with van der Waals surface area (Å²) in [4.78, 5) is 16.0. The third-order valence-corrected chi connectivity index (χ3v) is 2.77. The van der Waals surface area contributed by atoms with E-state index >= 15 is 0 Å². The highest BCUT2D eigenvalue weighted by atomic mass is 16.5. The summed E-state index contributed by atoms with van der Waals surface area (Å²) >= 11 is 0. The number of anilines is 1. The Balaban J connectivity index is 1.83. The minimum Gasteiger partial charge on any atom is -0.490 e. The normalized spacial score (nSPS) is 9.95. The second-order valence-electron chi connectivity index (χ2n) is 4.20. The molecule has 0 fully saturated rings. The van der Waals surface area contributed by atoms with Gasteiger partial charge in [-0.3, -0.25) is 4.79 Å². The van der Waals surface area contributed by atoms with Gasteiger partial charge in [0.1, 0.15) is 17.9 Å². The summed E-state index contributed by atoms with van der Waals surface area (Å²) < 4.78 is 10.5. The number of hydrogen-bond donors (Lipinski definition) is 2. The molecule has 1 amide bonds. The largest absolute Gasteiger partial charge is 0.490 e. The van der Waals surface area contributed by atoms with Gasteiger partial charge in [0.05, 0.1) is 19.3 Å². The quantitative estimate of drug-likeness (QED) is 0.621. The van der Waals surface area contributed by atoms with Crippen molar-refractivity contribution in [2.45, 2.75) is 0 Å². The van der Waals surface area contributed by atoms with Crippen molar-refractivity contribution in [3.05, 3.63) is 48.2 Å².